The van der Waals surface area contributed by atoms with Gasteiger partial charge < -0.3 is 4.74 Å². The Morgan fingerprint density at radius 2 is 1.85 bits per heavy atom. The van der Waals surface area contributed by atoms with Crippen molar-refractivity contribution in [1.29, 1.82) is 5.26 Å². The lowest BCUT2D eigenvalue weighted by atomic mass is 9.94. The van der Waals surface area contributed by atoms with Gasteiger partial charge in [0.15, 0.2) is 11.6 Å². The normalized spacial score (nSPS) is 12.6. The smallest absolute Gasteiger partial charge is 0.190 e. The number of hydrogen-bond donors (Lipinski definition) is 0. The number of ether oxygens (including phenoxy) is 1. The standard InChI is InChI=1S/C20H12N4O3/c21-10-13-4-1-2-6-16(13)24-11-14(22-23-24)12-27-19-7-3-5-15-17(25)8-9-18(26)20(15)19/h1-9,11H,12H2. The van der Waals surface area contributed by atoms with Gasteiger partial charge in [0.1, 0.15) is 24.1 Å². The maximum atomic E-state index is 12.1. The summed E-state index contributed by atoms with van der Waals surface area (Å²) in [5.41, 5.74) is 2.19. The average molecular weight is 356 g/mol. The van der Waals surface area contributed by atoms with Crippen LogP contribution < -0.4 is 4.74 Å². The van der Waals surface area contributed by atoms with Gasteiger partial charge in [0, 0.05) is 5.56 Å². The number of carbonyl (C=O) groups is 2. The van der Waals surface area contributed by atoms with Crippen molar-refractivity contribution in [3.05, 3.63) is 83.2 Å². The Bertz CT molecular complexity index is 1140. The molecule has 0 bridgehead atoms. The molecule has 1 aromatic heterocycles. The molecule has 0 saturated carbocycles. The molecule has 0 atom stereocenters. The highest BCUT2D eigenvalue weighted by atomic mass is 16.5. The van der Waals surface area contributed by atoms with E-state index in [0.717, 1.165) is 0 Å². The number of fused-ring (bicyclic) bond motifs is 1. The summed E-state index contributed by atoms with van der Waals surface area (Å²) >= 11 is 0. The van der Waals surface area contributed by atoms with E-state index in [1.165, 1.54) is 16.8 Å². The van der Waals surface area contributed by atoms with Crippen molar-refractivity contribution in [2.75, 3.05) is 0 Å². The van der Waals surface area contributed by atoms with Gasteiger partial charge in [0.05, 0.1) is 23.0 Å². The average Bonchev–Trinajstić information content (AvgIpc) is 3.18. The Morgan fingerprint density at radius 1 is 1.04 bits per heavy atom. The van der Waals surface area contributed by atoms with Crippen LogP contribution in [0.5, 0.6) is 5.75 Å². The van der Waals surface area contributed by atoms with Crippen LogP contribution in [0.4, 0.5) is 0 Å². The molecule has 0 unspecified atom stereocenters. The van der Waals surface area contributed by atoms with E-state index < -0.39 is 0 Å². The van der Waals surface area contributed by atoms with Gasteiger partial charge in [0.25, 0.3) is 0 Å². The zero-order valence-corrected chi connectivity index (χ0v) is 14.0. The first-order valence-corrected chi connectivity index (χ1v) is 8.10. The van der Waals surface area contributed by atoms with E-state index >= 15 is 0 Å². The third-order valence-corrected chi connectivity index (χ3v) is 4.11. The lowest BCUT2D eigenvalue weighted by Gasteiger charge is -2.14. The van der Waals surface area contributed by atoms with E-state index in [-0.39, 0.29) is 23.7 Å². The SMILES string of the molecule is N#Cc1ccccc1-n1cc(COc2cccc3c2C(=O)C=CC3=O)nn1. The van der Waals surface area contributed by atoms with Gasteiger partial charge in [-0.15, -0.1) is 5.10 Å². The molecule has 130 valence electrons. The molecule has 0 spiro atoms. The van der Waals surface area contributed by atoms with E-state index in [1.807, 2.05) is 0 Å². The van der Waals surface area contributed by atoms with Gasteiger partial charge in [-0.3, -0.25) is 9.59 Å². The van der Waals surface area contributed by atoms with Crippen LogP contribution in [0.15, 0.2) is 60.8 Å². The van der Waals surface area contributed by atoms with Crippen LogP contribution in [-0.4, -0.2) is 26.6 Å². The van der Waals surface area contributed by atoms with Gasteiger partial charge in [-0.25, -0.2) is 4.68 Å². The molecule has 0 radical (unpaired) electrons. The number of aromatic nitrogens is 3. The highest BCUT2D eigenvalue weighted by Gasteiger charge is 2.23. The molecule has 27 heavy (non-hydrogen) atoms. The summed E-state index contributed by atoms with van der Waals surface area (Å²) in [7, 11) is 0. The lowest BCUT2D eigenvalue weighted by molar-refractivity contribution is 0.0990. The molecule has 4 rings (SSSR count). The fourth-order valence-corrected chi connectivity index (χ4v) is 2.84. The number of benzene rings is 2. The Morgan fingerprint density at radius 3 is 2.70 bits per heavy atom. The summed E-state index contributed by atoms with van der Waals surface area (Å²) < 4.78 is 7.22. The largest absolute Gasteiger partial charge is 0.486 e. The minimum absolute atomic E-state index is 0.0658. The summed E-state index contributed by atoms with van der Waals surface area (Å²) in [4.78, 5) is 24.1. The Hall–Kier alpha value is -4.05. The first-order valence-electron chi connectivity index (χ1n) is 8.10. The van der Waals surface area contributed by atoms with Crippen molar-refractivity contribution < 1.29 is 14.3 Å². The number of ketones is 2. The molecule has 3 aromatic rings. The van der Waals surface area contributed by atoms with Crippen LogP contribution in [0.25, 0.3) is 5.69 Å². The number of nitrogens with zero attached hydrogens (tertiary/aromatic N) is 4. The maximum Gasteiger partial charge on any atom is 0.190 e. The predicted molar refractivity (Wildman–Crippen MR) is 94.6 cm³/mol. The molecule has 7 heteroatoms. The number of carbonyl (C=O) groups excluding carboxylic acids is 2. The van der Waals surface area contributed by atoms with E-state index in [0.29, 0.717) is 28.3 Å². The number of para-hydroxylation sites is 1. The Balaban J connectivity index is 1.58. The van der Waals surface area contributed by atoms with Crippen LogP contribution in [0, 0.1) is 11.3 Å². The Labute approximate surface area is 154 Å². The van der Waals surface area contributed by atoms with Crippen LogP contribution in [0.1, 0.15) is 32.0 Å². The van der Waals surface area contributed by atoms with Gasteiger partial charge in [-0.1, -0.05) is 29.5 Å². The third-order valence-electron chi connectivity index (χ3n) is 4.11. The monoisotopic (exact) mass is 356 g/mol. The second kappa shape index (κ2) is 6.69. The summed E-state index contributed by atoms with van der Waals surface area (Å²) in [6.45, 7) is 0.0658. The first-order chi connectivity index (χ1) is 13.2. The van der Waals surface area contributed by atoms with Gasteiger partial charge in [0.2, 0.25) is 0 Å². The van der Waals surface area contributed by atoms with Crippen LogP contribution >= 0.6 is 0 Å². The number of rotatable bonds is 4. The Kier molecular flexibility index (Phi) is 4.07. The highest BCUT2D eigenvalue weighted by molar-refractivity contribution is 6.23. The molecule has 1 aliphatic carbocycles. The van der Waals surface area contributed by atoms with Gasteiger partial charge >= 0.3 is 0 Å². The van der Waals surface area contributed by atoms with E-state index in [4.69, 9.17) is 4.74 Å². The number of allylic oxidation sites excluding steroid dienone is 2. The summed E-state index contributed by atoms with van der Waals surface area (Å²) in [5.74, 6) is -0.178. The fourth-order valence-electron chi connectivity index (χ4n) is 2.84. The van der Waals surface area contributed by atoms with Crippen molar-refractivity contribution in [3.63, 3.8) is 0 Å². The molecule has 2 aromatic carbocycles. The molecule has 0 aliphatic heterocycles. The van der Waals surface area contributed by atoms with E-state index in [1.54, 1.807) is 48.7 Å². The van der Waals surface area contributed by atoms with Crippen molar-refractivity contribution in [1.82, 2.24) is 15.0 Å². The van der Waals surface area contributed by atoms with Crippen molar-refractivity contribution in [2.45, 2.75) is 6.61 Å². The minimum Gasteiger partial charge on any atom is -0.486 e. The molecule has 1 aliphatic rings. The predicted octanol–water partition coefficient (Wildman–Crippen LogP) is 2.65. The molecular formula is C20H12N4O3. The van der Waals surface area contributed by atoms with Crippen molar-refractivity contribution >= 4 is 11.6 Å². The molecule has 0 N–H and O–H groups in total. The minimum atomic E-state index is -0.271. The van der Waals surface area contributed by atoms with E-state index in [2.05, 4.69) is 16.4 Å². The molecule has 0 saturated heterocycles. The number of nitriles is 1. The second-order valence-corrected chi connectivity index (χ2v) is 5.81. The molecule has 1 heterocycles. The zero-order valence-electron chi connectivity index (χ0n) is 14.0. The van der Waals surface area contributed by atoms with Gasteiger partial charge in [-0.2, -0.15) is 5.26 Å². The van der Waals surface area contributed by atoms with Crippen molar-refractivity contribution in [2.24, 2.45) is 0 Å². The molecule has 7 nitrogen and oxygen atoms in total. The maximum absolute atomic E-state index is 12.1. The molecule has 0 amide bonds. The zero-order chi connectivity index (χ0) is 18.8. The molecular weight excluding hydrogens is 344 g/mol. The first kappa shape index (κ1) is 16.4. The van der Waals surface area contributed by atoms with E-state index in [9.17, 15) is 14.9 Å². The quantitative estimate of drug-likeness (QED) is 0.713. The van der Waals surface area contributed by atoms with Gasteiger partial charge in [-0.05, 0) is 30.4 Å². The molecule has 0 fully saturated rings. The third kappa shape index (κ3) is 3.00. The summed E-state index contributed by atoms with van der Waals surface area (Å²) in [6, 6.07) is 14.0. The second-order valence-electron chi connectivity index (χ2n) is 5.81. The number of hydrogen-bond acceptors (Lipinski definition) is 6. The topological polar surface area (TPSA) is 97.9 Å². The van der Waals surface area contributed by atoms with Crippen LogP contribution in [-0.2, 0) is 6.61 Å². The summed E-state index contributed by atoms with van der Waals surface area (Å²) in [5, 5.41) is 17.3. The van der Waals surface area contributed by atoms with Crippen LogP contribution in [0.3, 0.4) is 0 Å². The fraction of sp³-hybridized carbons (Fsp3) is 0.0500. The highest BCUT2D eigenvalue weighted by Crippen LogP contribution is 2.27. The van der Waals surface area contributed by atoms with Crippen LogP contribution in [0.2, 0.25) is 0 Å². The van der Waals surface area contributed by atoms with Crippen molar-refractivity contribution in [3.8, 4) is 17.5 Å². The lowest BCUT2D eigenvalue weighted by Crippen LogP contribution is -2.13. The summed E-state index contributed by atoms with van der Waals surface area (Å²) in [6.07, 6.45) is 4.15.